The van der Waals surface area contributed by atoms with E-state index in [4.69, 9.17) is 0 Å². The average molecular weight is 482 g/mol. The van der Waals surface area contributed by atoms with Gasteiger partial charge in [-0.3, -0.25) is 0 Å². The summed E-state index contributed by atoms with van der Waals surface area (Å²) in [5.41, 5.74) is 6.26. The van der Waals surface area contributed by atoms with E-state index in [2.05, 4.69) is 111 Å². The normalized spacial score (nSPS) is 17.2. The van der Waals surface area contributed by atoms with E-state index in [1.807, 2.05) is 0 Å². The Hall–Kier alpha value is -1.98. The van der Waals surface area contributed by atoms with Crippen LogP contribution in [0.3, 0.4) is 0 Å². The van der Waals surface area contributed by atoms with Crippen LogP contribution in [0.2, 0.25) is 0 Å². The molecule has 0 aromatic heterocycles. The first-order valence-electron chi connectivity index (χ1n) is 12.1. The molecule has 0 N–H and O–H groups in total. The molecule has 5 rings (SSSR count). The molecule has 0 bridgehead atoms. The SMILES string of the molecule is CCCCC1=[C]([Ti][CH]2C(P(c3ccccc3)c3ccccc3)=Cc3ccccc32)CC=C1C. The van der Waals surface area contributed by atoms with E-state index >= 15 is 0 Å². The second-order valence-corrected chi connectivity index (χ2v) is 13.4. The molecule has 0 aliphatic heterocycles. The molecule has 0 saturated carbocycles. The Morgan fingerprint density at radius 3 is 2.15 bits per heavy atom. The summed E-state index contributed by atoms with van der Waals surface area (Å²) in [5.74, 6) is 0. The summed E-state index contributed by atoms with van der Waals surface area (Å²) in [6.45, 7) is 4.65. The molecule has 2 heteroatoms. The van der Waals surface area contributed by atoms with Crippen LogP contribution < -0.4 is 10.6 Å². The zero-order chi connectivity index (χ0) is 22.6. The number of unbranched alkanes of at least 4 members (excludes halogenated alkanes) is 1. The molecule has 0 spiro atoms. The minimum atomic E-state index is -0.541. The molecule has 2 aliphatic carbocycles. The van der Waals surface area contributed by atoms with Crippen molar-refractivity contribution in [3.05, 3.63) is 122 Å². The van der Waals surface area contributed by atoms with Gasteiger partial charge in [-0.25, -0.2) is 0 Å². The van der Waals surface area contributed by atoms with E-state index in [0.717, 1.165) is 0 Å². The molecule has 164 valence electrons. The molecular formula is C31H31PTi. The van der Waals surface area contributed by atoms with Crippen molar-refractivity contribution in [2.24, 2.45) is 0 Å². The van der Waals surface area contributed by atoms with Gasteiger partial charge in [0.1, 0.15) is 0 Å². The van der Waals surface area contributed by atoms with Gasteiger partial charge in [-0.2, -0.15) is 0 Å². The zero-order valence-electron chi connectivity index (χ0n) is 19.6. The van der Waals surface area contributed by atoms with Crippen molar-refractivity contribution in [1.29, 1.82) is 0 Å². The van der Waals surface area contributed by atoms with Crippen molar-refractivity contribution in [2.45, 2.75) is 43.8 Å². The van der Waals surface area contributed by atoms with Crippen LogP contribution in [-0.2, 0) is 19.2 Å². The fraction of sp³-hybridized carbons (Fsp3) is 0.226. The predicted molar refractivity (Wildman–Crippen MR) is 141 cm³/mol. The van der Waals surface area contributed by atoms with Gasteiger partial charge in [-0.05, 0) is 0 Å². The first kappa shape index (κ1) is 22.8. The Morgan fingerprint density at radius 1 is 0.848 bits per heavy atom. The number of hydrogen-bond donors (Lipinski definition) is 0. The number of rotatable bonds is 8. The third-order valence-corrected chi connectivity index (χ3v) is 12.4. The van der Waals surface area contributed by atoms with Gasteiger partial charge in [-0.15, -0.1) is 0 Å². The van der Waals surface area contributed by atoms with Gasteiger partial charge in [0, 0.05) is 0 Å². The van der Waals surface area contributed by atoms with Crippen molar-refractivity contribution in [3.8, 4) is 0 Å². The fourth-order valence-corrected chi connectivity index (χ4v) is 11.1. The maximum atomic E-state index is 2.55. The summed E-state index contributed by atoms with van der Waals surface area (Å²) >= 11 is -0.314. The van der Waals surface area contributed by atoms with E-state index in [1.54, 1.807) is 25.9 Å². The molecule has 1 atom stereocenters. The molecule has 33 heavy (non-hydrogen) atoms. The van der Waals surface area contributed by atoms with Crippen molar-refractivity contribution in [3.63, 3.8) is 0 Å². The monoisotopic (exact) mass is 482 g/mol. The Labute approximate surface area is 209 Å². The van der Waals surface area contributed by atoms with E-state index in [0.29, 0.717) is 4.22 Å². The standard InChI is InChI=1S/C21H16P.C10H15.Ti/c1-3-11-19(12-4-1)22(20-13-5-2-6-14-20)21-15-17-9-7-8-10-18(17)16-21;1-3-4-7-10-8-5-6-9(10)2;/h1-16H;6H,3-5,7H2,1-2H3;. The summed E-state index contributed by atoms with van der Waals surface area (Å²) in [7, 11) is -0.541. The second-order valence-electron chi connectivity index (χ2n) is 8.93. The summed E-state index contributed by atoms with van der Waals surface area (Å²) in [5, 5.41) is 4.60. The molecule has 3 aromatic rings. The molecule has 0 radical (unpaired) electrons. The Morgan fingerprint density at radius 2 is 1.48 bits per heavy atom. The maximum absolute atomic E-state index is 2.55. The van der Waals surface area contributed by atoms with Crippen molar-refractivity contribution < 1.29 is 19.2 Å². The van der Waals surface area contributed by atoms with E-state index < -0.39 is 7.92 Å². The van der Waals surface area contributed by atoms with Gasteiger partial charge >= 0.3 is 210 Å². The Kier molecular flexibility index (Phi) is 7.27. The third kappa shape index (κ3) is 4.81. The van der Waals surface area contributed by atoms with Gasteiger partial charge in [-0.1, -0.05) is 0 Å². The van der Waals surface area contributed by atoms with Gasteiger partial charge in [0.15, 0.2) is 0 Å². The number of allylic oxidation sites excluding steroid dienone is 5. The number of fused-ring (bicyclic) bond motifs is 1. The van der Waals surface area contributed by atoms with Crippen LogP contribution in [0.25, 0.3) is 6.08 Å². The zero-order valence-corrected chi connectivity index (χ0v) is 22.0. The Bertz CT molecular complexity index is 1160. The summed E-state index contributed by atoms with van der Waals surface area (Å²) in [6.07, 6.45) is 10.1. The molecule has 2 aliphatic rings. The van der Waals surface area contributed by atoms with Crippen LogP contribution in [-0.4, -0.2) is 0 Å². The van der Waals surface area contributed by atoms with Crippen LogP contribution in [0.5, 0.6) is 0 Å². The minimum absolute atomic E-state index is 0.314. The van der Waals surface area contributed by atoms with Crippen LogP contribution in [0, 0.1) is 0 Å². The van der Waals surface area contributed by atoms with Crippen LogP contribution in [0.1, 0.15) is 54.9 Å². The fourth-order valence-electron chi connectivity index (χ4n) is 5.02. The van der Waals surface area contributed by atoms with Gasteiger partial charge in [0.05, 0.1) is 0 Å². The van der Waals surface area contributed by atoms with Crippen LogP contribution in [0.15, 0.2) is 111 Å². The number of benzene rings is 3. The first-order valence-corrected chi connectivity index (χ1v) is 15.1. The predicted octanol–water partition coefficient (Wildman–Crippen LogP) is 8.09. The molecule has 0 nitrogen and oxygen atoms in total. The average Bonchev–Trinajstić information content (AvgIpc) is 3.39. The number of hydrogen-bond acceptors (Lipinski definition) is 0. The van der Waals surface area contributed by atoms with Gasteiger partial charge in [0.2, 0.25) is 0 Å². The topological polar surface area (TPSA) is 0 Å². The molecule has 0 saturated heterocycles. The first-order chi connectivity index (χ1) is 16.3. The van der Waals surface area contributed by atoms with Crippen molar-refractivity contribution in [1.82, 2.24) is 0 Å². The van der Waals surface area contributed by atoms with Crippen LogP contribution in [0.4, 0.5) is 0 Å². The van der Waals surface area contributed by atoms with Crippen LogP contribution >= 0.6 is 7.92 Å². The van der Waals surface area contributed by atoms with Crippen molar-refractivity contribution in [2.75, 3.05) is 0 Å². The molecular weight excluding hydrogens is 451 g/mol. The second kappa shape index (κ2) is 10.5. The molecule has 1 unspecified atom stereocenters. The van der Waals surface area contributed by atoms with Gasteiger partial charge in [0.25, 0.3) is 0 Å². The molecule has 0 fully saturated rings. The molecule has 0 amide bonds. The Balaban J connectivity index is 1.59. The third-order valence-electron chi connectivity index (χ3n) is 6.74. The van der Waals surface area contributed by atoms with E-state index in [1.165, 1.54) is 41.9 Å². The van der Waals surface area contributed by atoms with Crippen molar-refractivity contribution >= 4 is 24.6 Å². The van der Waals surface area contributed by atoms with Gasteiger partial charge < -0.3 is 0 Å². The summed E-state index contributed by atoms with van der Waals surface area (Å²) in [6, 6.07) is 31.6. The molecule has 0 heterocycles. The quantitative estimate of drug-likeness (QED) is 0.225. The summed E-state index contributed by atoms with van der Waals surface area (Å²) in [4.78, 5) is 0. The van der Waals surface area contributed by atoms with E-state index in [-0.39, 0.29) is 19.2 Å². The molecule has 3 aromatic carbocycles. The van der Waals surface area contributed by atoms with E-state index in [9.17, 15) is 0 Å². The summed E-state index contributed by atoms with van der Waals surface area (Å²) < 4.78 is 2.38.